The quantitative estimate of drug-likeness (QED) is 0.512. The van der Waals surface area contributed by atoms with Gasteiger partial charge in [0, 0.05) is 19.8 Å². The minimum absolute atomic E-state index is 0.387. The molecule has 0 saturated carbocycles. The molecular formula is C11H25NO4Si. The molecule has 1 N–H and O–H groups in total. The Kier molecular flexibility index (Phi) is 9.11. The first-order chi connectivity index (χ1) is 8.14. The maximum absolute atomic E-state index is 10.9. The molecule has 0 rings (SSSR count). The van der Waals surface area contributed by atoms with Crippen molar-refractivity contribution >= 4 is 14.7 Å². The molecule has 17 heavy (non-hydrogen) atoms. The largest absolute Gasteiger partial charge is 0.453 e. The van der Waals surface area contributed by atoms with Crippen LogP contribution in [-0.2, 0) is 13.6 Å². The molecule has 0 heterocycles. The van der Waals surface area contributed by atoms with Gasteiger partial charge in [0.2, 0.25) is 0 Å². The molecule has 0 bridgehead atoms. The molecule has 0 aromatic carbocycles. The van der Waals surface area contributed by atoms with E-state index in [-0.39, 0.29) is 6.09 Å². The minimum atomic E-state index is -2.04. The number of carbonyl (C=O) groups is 1. The normalized spacial score (nSPS) is 11.3. The van der Waals surface area contributed by atoms with Gasteiger partial charge in [-0.05, 0) is 32.4 Å². The van der Waals surface area contributed by atoms with Crippen molar-refractivity contribution in [1.82, 2.24) is 5.32 Å². The van der Waals surface area contributed by atoms with Crippen LogP contribution in [0.15, 0.2) is 0 Å². The Morgan fingerprint density at radius 2 is 1.76 bits per heavy atom. The van der Waals surface area contributed by atoms with E-state index in [2.05, 4.69) is 17.0 Å². The lowest BCUT2D eigenvalue weighted by atomic mass is 10.5. The Morgan fingerprint density at radius 3 is 2.18 bits per heavy atom. The monoisotopic (exact) mass is 263 g/mol. The molecule has 0 saturated heterocycles. The van der Waals surface area contributed by atoms with Crippen molar-refractivity contribution in [2.24, 2.45) is 0 Å². The summed E-state index contributed by atoms with van der Waals surface area (Å²) in [7, 11) is -0.682. The van der Waals surface area contributed by atoms with Crippen molar-refractivity contribution in [2.75, 3.05) is 26.9 Å². The summed E-state index contributed by atoms with van der Waals surface area (Å²) in [6.07, 6.45) is 0.469. The highest BCUT2D eigenvalue weighted by molar-refractivity contribution is 6.67. The third kappa shape index (κ3) is 6.65. The van der Waals surface area contributed by atoms with E-state index in [0.29, 0.717) is 19.8 Å². The molecule has 5 nitrogen and oxygen atoms in total. The van der Waals surface area contributed by atoms with E-state index in [1.807, 2.05) is 13.8 Å². The van der Waals surface area contributed by atoms with Gasteiger partial charge in [0.1, 0.15) is 0 Å². The highest BCUT2D eigenvalue weighted by Gasteiger charge is 2.34. The molecule has 0 aromatic heterocycles. The van der Waals surface area contributed by atoms with E-state index in [4.69, 9.17) is 8.85 Å². The zero-order valence-electron chi connectivity index (χ0n) is 11.4. The SMILES string of the molecule is CCO[Si](CC)(CCCNC(=O)OC)OCC. The van der Waals surface area contributed by atoms with Gasteiger partial charge in [0.05, 0.1) is 7.11 Å². The summed E-state index contributed by atoms with van der Waals surface area (Å²) in [6, 6.07) is 1.84. The number of carbonyl (C=O) groups excluding carboxylic acids is 1. The Hall–Kier alpha value is -0.593. The van der Waals surface area contributed by atoms with Crippen molar-refractivity contribution in [3.05, 3.63) is 0 Å². The van der Waals surface area contributed by atoms with Crippen LogP contribution in [-0.4, -0.2) is 41.5 Å². The summed E-state index contributed by atoms with van der Waals surface area (Å²) in [4.78, 5) is 10.9. The third-order valence-corrected chi connectivity index (χ3v) is 6.36. The first-order valence-electron chi connectivity index (χ1n) is 6.23. The number of hydrogen-bond acceptors (Lipinski definition) is 4. The summed E-state index contributed by atoms with van der Waals surface area (Å²) in [5.41, 5.74) is 0. The number of alkyl carbamates (subject to hydrolysis) is 1. The summed E-state index contributed by atoms with van der Waals surface area (Å²) < 4.78 is 16.2. The van der Waals surface area contributed by atoms with Crippen LogP contribution in [0.3, 0.4) is 0 Å². The van der Waals surface area contributed by atoms with Crippen molar-refractivity contribution < 1.29 is 18.4 Å². The molecule has 0 aliphatic heterocycles. The predicted molar refractivity (Wildman–Crippen MR) is 69.3 cm³/mol. The summed E-state index contributed by atoms with van der Waals surface area (Å²) in [5.74, 6) is 0. The van der Waals surface area contributed by atoms with Crippen LogP contribution in [0, 0.1) is 0 Å². The molecule has 0 radical (unpaired) electrons. The number of amides is 1. The van der Waals surface area contributed by atoms with Crippen LogP contribution in [0.5, 0.6) is 0 Å². The number of methoxy groups -OCH3 is 1. The maximum Gasteiger partial charge on any atom is 0.406 e. The van der Waals surface area contributed by atoms with Gasteiger partial charge in [-0.15, -0.1) is 0 Å². The van der Waals surface area contributed by atoms with E-state index in [9.17, 15) is 4.79 Å². The topological polar surface area (TPSA) is 56.8 Å². The molecule has 6 heteroatoms. The number of ether oxygens (including phenoxy) is 1. The fourth-order valence-electron chi connectivity index (χ4n) is 1.71. The lowest BCUT2D eigenvalue weighted by molar-refractivity contribution is 0.169. The molecular weight excluding hydrogens is 238 g/mol. The van der Waals surface area contributed by atoms with Gasteiger partial charge in [-0.2, -0.15) is 0 Å². The third-order valence-electron chi connectivity index (χ3n) is 2.54. The molecule has 0 fully saturated rings. The highest BCUT2D eigenvalue weighted by atomic mass is 28.4. The first-order valence-corrected chi connectivity index (χ1v) is 8.46. The van der Waals surface area contributed by atoms with Gasteiger partial charge in [-0.3, -0.25) is 0 Å². The first kappa shape index (κ1) is 16.4. The van der Waals surface area contributed by atoms with E-state index < -0.39 is 8.56 Å². The summed E-state index contributed by atoms with van der Waals surface area (Å²) in [6.45, 7) is 8.05. The molecule has 0 aliphatic rings. The van der Waals surface area contributed by atoms with Crippen LogP contribution in [0.1, 0.15) is 27.2 Å². The van der Waals surface area contributed by atoms with Crippen molar-refractivity contribution in [2.45, 2.75) is 39.3 Å². The fraction of sp³-hybridized carbons (Fsp3) is 0.909. The lowest BCUT2D eigenvalue weighted by Gasteiger charge is -2.28. The van der Waals surface area contributed by atoms with Gasteiger partial charge in [0.25, 0.3) is 0 Å². The average Bonchev–Trinajstić information content (AvgIpc) is 2.34. The Bertz CT molecular complexity index is 208. The number of nitrogens with one attached hydrogen (secondary N) is 1. The Morgan fingerprint density at radius 1 is 1.18 bits per heavy atom. The van der Waals surface area contributed by atoms with Gasteiger partial charge in [-0.1, -0.05) is 6.92 Å². The van der Waals surface area contributed by atoms with E-state index in [1.54, 1.807) is 0 Å². The minimum Gasteiger partial charge on any atom is -0.453 e. The molecule has 1 amide bonds. The van der Waals surface area contributed by atoms with Crippen LogP contribution in [0.4, 0.5) is 4.79 Å². The number of hydrogen-bond donors (Lipinski definition) is 1. The van der Waals surface area contributed by atoms with E-state index in [1.165, 1.54) is 7.11 Å². The zero-order chi connectivity index (χ0) is 13.1. The molecule has 0 aromatic rings. The van der Waals surface area contributed by atoms with Crippen LogP contribution >= 0.6 is 0 Å². The van der Waals surface area contributed by atoms with Crippen LogP contribution in [0.2, 0.25) is 12.1 Å². The van der Waals surface area contributed by atoms with Crippen molar-refractivity contribution in [3.63, 3.8) is 0 Å². The maximum atomic E-state index is 10.9. The van der Waals surface area contributed by atoms with Gasteiger partial charge in [-0.25, -0.2) is 4.79 Å². The molecule has 0 aliphatic carbocycles. The second-order valence-corrected chi connectivity index (χ2v) is 7.26. The van der Waals surface area contributed by atoms with Crippen molar-refractivity contribution in [3.8, 4) is 0 Å². The molecule has 0 atom stereocenters. The van der Waals surface area contributed by atoms with Crippen LogP contribution in [0.25, 0.3) is 0 Å². The van der Waals surface area contributed by atoms with E-state index >= 15 is 0 Å². The van der Waals surface area contributed by atoms with Crippen molar-refractivity contribution in [1.29, 1.82) is 0 Å². The molecule has 102 valence electrons. The predicted octanol–water partition coefficient (Wildman–Crippen LogP) is 2.27. The summed E-state index contributed by atoms with van der Waals surface area (Å²) >= 11 is 0. The van der Waals surface area contributed by atoms with Gasteiger partial charge in [0.15, 0.2) is 0 Å². The second kappa shape index (κ2) is 9.44. The van der Waals surface area contributed by atoms with Gasteiger partial charge < -0.3 is 18.9 Å². The smallest absolute Gasteiger partial charge is 0.406 e. The lowest BCUT2D eigenvalue weighted by Crippen LogP contribution is -2.42. The fourth-order valence-corrected chi connectivity index (χ4v) is 4.61. The zero-order valence-corrected chi connectivity index (χ0v) is 12.4. The molecule has 0 spiro atoms. The second-order valence-electron chi connectivity index (χ2n) is 3.65. The number of rotatable bonds is 9. The van der Waals surface area contributed by atoms with Gasteiger partial charge >= 0.3 is 14.7 Å². The standard InChI is InChI=1S/C11H25NO4Si/c1-5-15-17(7-3,16-6-2)10-8-9-12-11(13)14-4/h5-10H2,1-4H3,(H,12,13). The Balaban J connectivity index is 4.02. The molecule has 0 unspecified atom stereocenters. The summed E-state index contributed by atoms with van der Waals surface area (Å²) in [5, 5.41) is 2.66. The van der Waals surface area contributed by atoms with Crippen LogP contribution < -0.4 is 5.32 Å². The average molecular weight is 263 g/mol. The van der Waals surface area contributed by atoms with E-state index in [0.717, 1.165) is 18.5 Å². The highest BCUT2D eigenvalue weighted by Crippen LogP contribution is 2.20. The Labute approximate surface area is 105 Å².